The van der Waals surface area contributed by atoms with Crippen molar-refractivity contribution in [3.8, 4) is 17.1 Å². The molecule has 0 radical (unpaired) electrons. The van der Waals surface area contributed by atoms with Crippen molar-refractivity contribution in [3.05, 3.63) is 77.5 Å². The highest BCUT2D eigenvalue weighted by atomic mass is 35.5. The third-order valence-corrected chi connectivity index (χ3v) is 8.21. The molecule has 1 amide bonds. The minimum atomic E-state index is -3.17. The fraction of sp³-hybridized carbons (Fsp3) is 0.208. The summed E-state index contributed by atoms with van der Waals surface area (Å²) in [5, 5.41) is 4.23. The third-order valence-electron chi connectivity index (χ3n) is 5.97. The molecule has 0 saturated carbocycles. The van der Waals surface area contributed by atoms with Gasteiger partial charge in [0.05, 0.1) is 35.0 Å². The molecular weight excluding hydrogens is 479 g/mol. The summed E-state index contributed by atoms with van der Waals surface area (Å²) >= 11 is 6.45. The van der Waals surface area contributed by atoms with Gasteiger partial charge in [0.25, 0.3) is 5.91 Å². The maximum absolute atomic E-state index is 13.4. The number of nitrogens with zero attached hydrogens (tertiary/aromatic N) is 3. The Balaban J connectivity index is 1.62. The van der Waals surface area contributed by atoms with Crippen molar-refractivity contribution in [2.45, 2.75) is 18.9 Å². The Kier molecular flexibility index (Phi) is 5.41. The highest BCUT2D eigenvalue weighted by molar-refractivity contribution is 7.91. The second-order valence-corrected chi connectivity index (χ2v) is 11.3. The molecule has 10 heteroatoms. The summed E-state index contributed by atoms with van der Waals surface area (Å²) in [4.78, 5) is 21.2. The number of carbonyl (C=O) groups excluding carboxylic acids is 1. The smallest absolute Gasteiger partial charge is 0.251 e. The van der Waals surface area contributed by atoms with E-state index in [9.17, 15) is 17.6 Å². The molecule has 34 heavy (non-hydrogen) atoms. The number of carbonyl (C=O) groups is 1. The summed E-state index contributed by atoms with van der Waals surface area (Å²) in [5.74, 6) is -0.754. The molecule has 0 aliphatic carbocycles. The minimum absolute atomic E-state index is 0.0504. The first-order valence-corrected chi connectivity index (χ1v) is 12.7. The molecular formula is C24H20ClFN4O3S. The van der Waals surface area contributed by atoms with E-state index in [0.29, 0.717) is 22.5 Å². The van der Waals surface area contributed by atoms with Crippen LogP contribution in [0.25, 0.3) is 28.0 Å². The van der Waals surface area contributed by atoms with Gasteiger partial charge >= 0.3 is 0 Å². The lowest BCUT2D eigenvalue weighted by Gasteiger charge is -2.24. The van der Waals surface area contributed by atoms with Crippen LogP contribution in [0.15, 0.2) is 61.1 Å². The van der Waals surface area contributed by atoms with Gasteiger partial charge in [-0.1, -0.05) is 35.9 Å². The van der Waals surface area contributed by atoms with Crippen LogP contribution in [0.2, 0.25) is 5.02 Å². The summed E-state index contributed by atoms with van der Waals surface area (Å²) in [6.45, 7) is 1.73. The number of aromatic nitrogens is 3. The van der Waals surface area contributed by atoms with E-state index < -0.39 is 21.2 Å². The minimum Gasteiger partial charge on any atom is -0.346 e. The quantitative estimate of drug-likeness (QED) is 0.455. The first-order valence-electron chi connectivity index (χ1n) is 10.6. The first-order chi connectivity index (χ1) is 16.1. The van der Waals surface area contributed by atoms with Crippen LogP contribution in [0, 0.1) is 5.82 Å². The highest BCUT2D eigenvalue weighted by Gasteiger charge is 2.39. The maximum Gasteiger partial charge on any atom is 0.251 e. The van der Waals surface area contributed by atoms with Crippen LogP contribution < -0.4 is 5.32 Å². The van der Waals surface area contributed by atoms with Crippen LogP contribution in [-0.4, -0.2) is 45.9 Å². The molecule has 5 rings (SSSR count). The van der Waals surface area contributed by atoms with Crippen LogP contribution >= 0.6 is 11.6 Å². The highest BCUT2D eigenvalue weighted by Crippen LogP contribution is 2.36. The summed E-state index contributed by atoms with van der Waals surface area (Å²) < 4.78 is 39.0. The Hall–Kier alpha value is -3.30. The van der Waals surface area contributed by atoms with Gasteiger partial charge in [-0.25, -0.2) is 22.8 Å². The molecule has 0 bridgehead atoms. The number of hydrogen-bond donors (Lipinski definition) is 1. The fourth-order valence-electron chi connectivity index (χ4n) is 4.31. The van der Waals surface area contributed by atoms with Gasteiger partial charge in [-0.2, -0.15) is 0 Å². The van der Waals surface area contributed by atoms with Crippen molar-refractivity contribution in [2.24, 2.45) is 0 Å². The number of sulfone groups is 1. The SMILES string of the molecule is CC1(NC(=O)c2ccc3c(-c4ccccc4Cl)cn(-c4ncc(F)cn4)c3c2)CCS(=O)(=O)C1. The molecule has 1 aliphatic heterocycles. The van der Waals surface area contributed by atoms with E-state index in [1.807, 2.05) is 18.2 Å². The molecule has 1 atom stereocenters. The van der Waals surface area contributed by atoms with E-state index in [-0.39, 0.29) is 23.4 Å². The topological polar surface area (TPSA) is 93.9 Å². The van der Waals surface area contributed by atoms with E-state index in [1.165, 1.54) is 0 Å². The molecule has 0 spiro atoms. The maximum atomic E-state index is 13.4. The molecule has 7 nitrogen and oxygen atoms in total. The number of fused-ring (bicyclic) bond motifs is 1. The van der Waals surface area contributed by atoms with Gasteiger partial charge in [0.1, 0.15) is 0 Å². The number of halogens is 2. The Labute approximate surface area is 200 Å². The van der Waals surface area contributed by atoms with Gasteiger partial charge in [-0.3, -0.25) is 9.36 Å². The Morgan fingerprint density at radius 2 is 1.88 bits per heavy atom. The van der Waals surface area contributed by atoms with Crippen LogP contribution in [0.1, 0.15) is 23.7 Å². The lowest BCUT2D eigenvalue weighted by atomic mass is 10.0. The van der Waals surface area contributed by atoms with Crippen molar-refractivity contribution in [1.82, 2.24) is 19.9 Å². The van der Waals surface area contributed by atoms with Crippen molar-refractivity contribution in [2.75, 3.05) is 11.5 Å². The second kappa shape index (κ2) is 8.18. The normalized spacial score (nSPS) is 19.4. The zero-order valence-corrected chi connectivity index (χ0v) is 19.7. The molecule has 174 valence electrons. The van der Waals surface area contributed by atoms with Gasteiger partial charge in [0.2, 0.25) is 5.95 Å². The zero-order valence-electron chi connectivity index (χ0n) is 18.1. The monoisotopic (exact) mass is 498 g/mol. The molecule has 1 fully saturated rings. The van der Waals surface area contributed by atoms with Crippen molar-refractivity contribution >= 4 is 38.2 Å². The van der Waals surface area contributed by atoms with E-state index >= 15 is 0 Å². The van der Waals surface area contributed by atoms with Gasteiger partial charge in [-0.15, -0.1) is 0 Å². The zero-order chi connectivity index (χ0) is 24.1. The molecule has 2 aromatic carbocycles. The van der Waals surface area contributed by atoms with Gasteiger partial charge in [0, 0.05) is 33.3 Å². The lowest BCUT2D eigenvalue weighted by molar-refractivity contribution is 0.0915. The second-order valence-electron chi connectivity index (χ2n) is 8.68. The summed E-state index contributed by atoms with van der Waals surface area (Å²) in [7, 11) is -3.17. The van der Waals surface area contributed by atoms with E-state index in [1.54, 1.807) is 42.0 Å². The Morgan fingerprint density at radius 3 is 2.56 bits per heavy atom. The van der Waals surface area contributed by atoms with Crippen LogP contribution in [0.3, 0.4) is 0 Å². The van der Waals surface area contributed by atoms with Gasteiger partial charge < -0.3 is 5.32 Å². The Bertz CT molecular complexity index is 1540. The summed E-state index contributed by atoms with van der Waals surface area (Å²) in [6.07, 6.45) is 4.30. The average molecular weight is 499 g/mol. The molecule has 4 aromatic rings. The number of nitrogens with one attached hydrogen (secondary N) is 1. The summed E-state index contributed by atoms with van der Waals surface area (Å²) in [6, 6.07) is 12.5. The number of benzene rings is 2. The standard InChI is InChI=1S/C24H20ClFN4O3S/c1-24(8-9-34(32,33)14-24)29-22(31)15-6-7-18-19(17-4-2-3-5-20(17)25)13-30(21(18)10-15)23-27-11-16(26)12-28-23/h2-7,10-13H,8-9,14H2,1H3,(H,29,31). The van der Waals surface area contributed by atoms with Crippen LogP contribution in [0.4, 0.5) is 4.39 Å². The van der Waals surface area contributed by atoms with Crippen LogP contribution in [-0.2, 0) is 9.84 Å². The predicted octanol–water partition coefficient (Wildman–Crippen LogP) is 4.19. The predicted molar refractivity (Wildman–Crippen MR) is 128 cm³/mol. The molecule has 2 aromatic heterocycles. The van der Waals surface area contributed by atoms with Gasteiger partial charge in [-0.05, 0) is 31.5 Å². The Morgan fingerprint density at radius 1 is 1.15 bits per heavy atom. The largest absolute Gasteiger partial charge is 0.346 e. The molecule has 1 unspecified atom stereocenters. The van der Waals surface area contributed by atoms with E-state index in [4.69, 9.17) is 11.6 Å². The number of hydrogen-bond acceptors (Lipinski definition) is 5. The number of rotatable bonds is 4. The van der Waals surface area contributed by atoms with Crippen molar-refractivity contribution in [3.63, 3.8) is 0 Å². The first kappa shape index (κ1) is 22.5. The van der Waals surface area contributed by atoms with Crippen LogP contribution in [0.5, 0.6) is 0 Å². The molecule has 1 aliphatic rings. The van der Waals surface area contributed by atoms with Crippen molar-refractivity contribution < 1.29 is 17.6 Å². The lowest BCUT2D eigenvalue weighted by Crippen LogP contribution is -2.46. The molecule has 1 saturated heterocycles. The van der Waals surface area contributed by atoms with E-state index in [0.717, 1.165) is 28.9 Å². The molecule has 3 heterocycles. The van der Waals surface area contributed by atoms with Crippen molar-refractivity contribution in [1.29, 1.82) is 0 Å². The summed E-state index contributed by atoms with van der Waals surface area (Å²) in [5.41, 5.74) is 1.74. The average Bonchev–Trinajstić information content (AvgIpc) is 3.30. The molecule has 1 N–H and O–H groups in total. The van der Waals surface area contributed by atoms with Gasteiger partial charge in [0.15, 0.2) is 15.7 Å². The number of amides is 1. The van der Waals surface area contributed by atoms with E-state index in [2.05, 4.69) is 15.3 Å². The fourth-order valence-corrected chi connectivity index (χ4v) is 6.64. The third kappa shape index (κ3) is 4.17.